The second kappa shape index (κ2) is 6.67. The minimum Gasteiger partial charge on any atom is -0.541 e. The lowest BCUT2D eigenvalue weighted by Crippen LogP contribution is -2.44. The van der Waals surface area contributed by atoms with Crippen LogP contribution in [0.4, 0.5) is 0 Å². The van der Waals surface area contributed by atoms with Gasteiger partial charge in [0.2, 0.25) is 0 Å². The van der Waals surface area contributed by atoms with Crippen molar-refractivity contribution in [2.75, 3.05) is 13.2 Å². The highest BCUT2D eigenvalue weighted by molar-refractivity contribution is 6.75. The van der Waals surface area contributed by atoms with Crippen LogP contribution < -0.4 is 4.43 Å². The molecule has 2 aromatic carbocycles. The molecule has 0 atom stereocenters. The Kier molecular flexibility index (Phi) is 4.46. The Morgan fingerprint density at radius 1 is 1.13 bits per heavy atom. The molecule has 0 N–H and O–H groups in total. The van der Waals surface area contributed by atoms with Crippen molar-refractivity contribution in [1.82, 2.24) is 0 Å². The summed E-state index contributed by atoms with van der Waals surface area (Å²) in [4.78, 5) is 11.8. The molecular weight excluding hydrogens is 408 g/mol. The summed E-state index contributed by atoms with van der Waals surface area (Å²) in [6, 6.07) is 4.26. The fourth-order valence-corrected chi connectivity index (χ4v) is 5.79. The molecule has 0 bridgehead atoms. The third-order valence-electron chi connectivity index (χ3n) is 7.50. The van der Waals surface area contributed by atoms with Gasteiger partial charge in [-0.2, -0.15) is 0 Å². The lowest BCUT2D eigenvalue weighted by Gasteiger charge is -2.37. The number of hydrogen-bond acceptors (Lipinski definition) is 5. The highest BCUT2D eigenvalue weighted by Crippen LogP contribution is 2.51. The van der Waals surface area contributed by atoms with E-state index in [2.05, 4.69) is 52.9 Å². The number of ether oxygens (including phenoxy) is 2. The van der Waals surface area contributed by atoms with Crippen molar-refractivity contribution in [3.8, 4) is 5.75 Å². The fourth-order valence-electron chi connectivity index (χ4n) is 4.78. The molecule has 164 valence electrons. The van der Waals surface area contributed by atoms with Crippen molar-refractivity contribution in [3.63, 3.8) is 0 Å². The predicted octanol–water partition coefficient (Wildman–Crippen LogP) is 6.24. The maximum Gasteiger partial charge on any atom is 0.250 e. The highest BCUT2D eigenvalue weighted by atomic mass is 28.4. The van der Waals surface area contributed by atoms with Crippen LogP contribution in [-0.4, -0.2) is 27.8 Å². The summed E-state index contributed by atoms with van der Waals surface area (Å²) in [5.41, 5.74) is 4.58. The number of fused-ring (bicyclic) bond motifs is 5. The average molecular weight is 439 g/mol. The SMILES string of the molecule is Cc1c2ccc3c(c2c(O[Si](C)(C)C(C)(C)C)c2occ(C=O)c12)CCC31OCCO1. The molecule has 0 saturated carbocycles. The summed E-state index contributed by atoms with van der Waals surface area (Å²) < 4.78 is 25.1. The van der Waals surface area contributed by atoms with E-state index in [-0.39, 0.29) is 5.04 Å². The maximum absolute atomic E-state index is 11.8. The zero-order valence-corrected chi connectivity index (χ0v) is 20.2. The van der Waals surface area contributed by atoms with Crippen LogP contribution in [-0.2, 0) is 21.7 Å². The number of aryl methyl sites for hydroxylation is 2. The van der Waals surface area contributed by atoms with Crippen LogP contribution in [0.5, 0.6) is 5.75 Å². The van der Waals surface area contributed by atoms with Gasteiger partial charge < -0.3 is 18.3 Å². The van der Waals surface area contributed by atoms with E-state index in [1.807, 2.05) is 0 Å². The van der Waals surface area contributed by atoms with Crippen LogP contribution >= 0.6 is 0 Å². The molecule has 0 amide bonds. The van der Waals surface area contributed by atoms with E-state index in [0.29, 0.717) is 24.4 Å². The summed E-state index contributed by atoms with van der Waals surface area (Å²) in [7, 11) is -2.18. The van der Waals surface area contributed by atoms with Crippen molar-refractivity contribution in [2.24, 2.45) is 0 Å². The summed E-state index contributed by atoms with van der Waals surface area (Å²) in [5.74, 6) is 0.125. The first-order valence-electron chi connectivity index (χ1n) is 11.0. The Balaban J connectivity index is 1.87. The molecule has 5 rings (SSSR count). The molecule has 1 saturated heterocycles. The monoisotopic (exact) mass is 438 g/mol. The van der Waals surface area contributed by atoms with Crippen LogP contribution in [0.15, 0.2) is 22.8 Å². The summed E-state index contributed by atoms with van der Waals surface area (Å²) in [6.45, 7) is 14.4. The van der Waals surface area contributed by atoms with E-state index in [1.165, 1.54) is 5.56 Å². The van der Waals surface area contributed by atoms with Gasteiger partial charge in [-0.05, 0) is 48.0 Å². The van der Waals surface area contributed by atoms with Gasteiger partial charge in [0.25, 0.3) is 8.32 Å². The van der Waals surface area contributed by atoms with E-state index >= 15 is 0 Å². The smallest absolute Gasteiger partial charge is 0.250 e. The van der Waals surface area contributed by atoms with E-state index in [9.17, 15) is 4.79 Å². The molecule has 1 aromatic heterocycles. The minimum absolute atomic E-state index is 0.0213. The number of rotatable bonds is 3. The third-order valence-corrected chi connectivity index (χ3v) is 11.8. The van der Waals surface area contributed by atoms with E-state index in [1.54, 1.807) is 6.26 Å². The van der Waals surface area contributed by atoms with Crippen molar-refractivity contribution in [1.29, 1.82) is 0 Å². The maximum atomic E-state index is 11.8. The van der Waals surface area contributed by atoms with Crippen molar-refractivity contribution in [2.45, 2.75) is 64.5 Å². The third kappa shape index (κ3) is 2.85. The number of furan rings is 1. The molecule has 1 aliphatic carbocycles. The van der Waals surface area contributed by atoms with Crippen molar-refractivity contribution >= 4 is 36.3 Å². The zero-order valence-electron chi connectivity index (χ0n) is 19.2. The summed E-state index contributed by atoms with van der Waals surface area (Å²) in [6.07, 6.45) is 4.07. The Labute approximate surface area is 183 Å². The molecule has 5 nitrogen and oxygen atoms in total. The van der Waals surface area contributed by atoms with Crippen molar-refractivity contribution in [3.05, 3.63) is 40.6 Å². The lowest BCUT2D eigenvalue weighted by molar-refractivity contribution is -0.163. The summed E-state index contributed by atoms with van der Waals surface area (Å²) >= 11 is 0. The molecular formula is C25H30O5Si. The van der Waals surface area contributed by atoms with Crippen LogP contribution in [0.1, 0.15) is 54.2 Å². The number of aldehydes is 1. The van der Waals surface area contributed by atoms with Crippen molar-refractivity contribution < 1.29 is 23.1 Å². The molecule has 0 unspecified atom stereocenters. The standard InChI is InChI=1S/C25H30O5Si/c1-15-17-7-8-19-18(9-10-25(19)28-11-12-29-25)21(17)23(30-31(5,6)24(2,3)4)22-20(15)16(13-26)14-27-22/h7-8,13-14H,9-12H2,1-6H3. The van der Waals surface area contributed by atoms with E-state index in [4.69, 9.17) is 18.3 Å². The van der Waals surface area contributed by atoms with Crippen LogP contribution in [0.25, 0.3) is 21.7 Å². The molecule has 2 aliphatic rings. The molecule has 3 aromatic rings. The van der Waals surface area contributed by atoms with Crippen LogP contribution in [0, 0.1) is 6.92 Å². The Morgan fingerprint density at radius 3 is 2.48 bits per heavy atom. The first-order chi connectivity index (χ1) is 14.6. The number of hydrogen-bond donors (Lipinski definition) is 0. The average Bonchev–Trinajstić information content (AvgIpc) is 3.43. The molecule has 2 heterocycles. The molecule has 0 radical (unpaired) electrons. The second-order valence-electron chi connectivity index (χ2n) is 10.3. The number of carbonyl (C=O) groups excluding carboxylic acids is 1. The fraction of sp³-hybridized carbons (Fsp3) is 0.480. The van der Waals surface area contributed by atoms with Gasteiger partial charge in [0.05, 0.1) is 18.8 Å². The zero-order chi connectivity index (χ0) is 22.2. The Morgan fingerprint density at radius 2 is 1.84 bits per heavy atom. The first kappa shape index (κ1) is 20.7. The van der Waals surface area contributed by atoms with Crippen LogP contribution in [0.2, 0.25) is 18.1 Å². The summed E-state index contributed by atoms with van der Waals surface area (Å²) in [5, 5.41) is 3.04. The molecule has 1 aliphatic heterocycles. The van der Waals surface area contributed by atoms with Gasteiger partial charge in [-0.25, -0.2) is 0 Å². The minimum atomic E-state index is -2.18. The lowest BCUT2D eigenvalue weighted by atomic mass is 9.93. The topological polar surface area (TPSA) is 57.9 Å². The quantitative estimate of drug-likeness (QED) is 0.358. The van der Waals surface area contributed by atoms with Gasteiger partial charge in [0.15, 0.2) is 23.4 Å². The Hall–Kier alpha value is -2.15. The van der Waals surface area contributed by atoms with Crippen LogP contribution in [0.3, 0.4) is 0 Å². The molecule has 6 heteroatoms. The van der Waals surface area contributed by atoms with E-state index < -0.39 is 14.1 Å². The highest BCUT2D eigenvalue weighted by Gasteiger charge is 2.46. The van der Waals surface area contributed by atoms with Gasteiger partial charge >= 0.3 is 0 Å². The normalized spacial score (nSPS) is 18.3. The number of carbonyl (C=O) groups is 1. The first-order valence-corrected chi connectivity index (χ1v) is 13.9. The second-order valence-corrected chi connectivity index (χ2v) is 15.0. The van der Waals surface area contributed by atoms with Gasteiger partial charge in [-0.1, -0.05) is 32.9 Å². The largest absolute Gasteiger partial charge is 0.541 e. The van der Waals surface area contributed by atoms with Gasteiger partial charge in [0.1, 0.15) is 6.26 Å². The molecule has 1 spiro atoms. The molecule has 31 heavy (non-hydrogen) atoms. The van der Waals surface area contributed by atoms with Gasteiger partial charge in [0, 0.05) is 22.8 Å². The van der Waals surface area contributed by atoms with E-state index in [0.717, 1.165) is 52.2 Å². The predicted molar refractivity (Wildman–Crippen MR) is 124 cm³/mol. The van der Waals surface area contributed by atoms with Gasteiger partial charge in [-0.3, -0.25) is 4.79 Å². The van der Waals surface area contributed by atoms with Gasteiger partial charge in [-0.15, -0.1) is 0 Å². The Bertz CT molecular complexity index is 1210. The molecule has 1 fully saturated rings. The number of benzene rings is 2.